The van der Waals surface area contributed by atoms with Gasteiger partial charge in [0.1, 0.15) is 5.60 Å². The van der Waals surface area contributed by atoms with E-state index < -0.39 is 5.60 Å². The molecule has 0 bridgehead atoms. The first-order valence-electron chi connectivity index (χ1n) is 10.5. The molecule has 0 N–H and O–H groups in total. The summed E-state index contributed by atoms with van der Waals surface area (Å²) in [7, 11) is 0. The standard InChI is InChI=1S/C23H35NO3/c1-23(2,3)27-22(25)12-14-26-13-11-18-7-9-19(10-8-18)15-24-16-20-5-4-6-21(20)17-24/h7-10,20-21H,4-6,11-17H2,1-3H3. The van der Waals surface area contributed by atoms with Crippen LogP contribution in [0.5, 0.6) is 0 Å². The number of nitrogens with zero attached hydrogens (tertiary/aromatic N) is 1. The van der Waals surface area contributed by atoms with Crippen LogP contribution < -0.4 is 0 Å². The van der Waals surface area contributed by atoms with Crippen molar-refractivity contribution < 1.29 is 14.3 Å². The number of esters is 1. The van der Waals surface area contributed by atoms with Crippen LogP contribution in [0.3, 0.4) is 0 Å². The van der Waals surface area contributed by atoms with Gasteiger partial charge < -0.3 is 9.47 Å². The number of carbonyl (C=O) groups is 1. The zero-order chi connectivity index (χ0) is 19.3. The highest BCUT2D eigenvalue weighted by molar-refractivity contribution is 5.69. The third kappa shape index (κ3) is 6.62. The Morgan fingerprint density at radius 3 is 2.30 bits per heavy atom. The minimum absolute atomic E-state index is 0.196. The highest BCUT2D eigenvalue weighted by atomic mass is 16.6. The Morgan fingerprint density at radius 1 is 1.04 bits per heavy atom. The number of likely N-dealkylation sites (tertiary alicyclic amines) is 1. The van der Waals surface area contributed by atoms with Gasteiger partial charge in [-0.05, 0) is 63.0 Å². The quantitative estimate of drug-likeness (QED) is 0.505. The normalized spacial score (nSPS) is 22.8. The molecule has 4 nitrogen and oxygen atoms in total. The lowest BCUT2D eigenvalue weighted by Gasteiger charge is -2.19. The third-order valence-corrected chi connectivity index (χ3v) is 5.64. The van der Waals surface area contributed by atoms with Crippen molar-refractivity contribution in [2.24, 2.45) is 11.8 Å². The number of fused-ring (bicyclic) bond motifs is 1. The second kappa shape index (κ2) is 9.20. The van der Waals surface area contributed by atoms with Crippen molar-refractivity contribution in [3.05, 3.63) is 35.4 Å². The maximum atomic E-state index is 11.6. The van der Waals surface area contributed by atoms with Gasteiger partial charge in [-0.2, -0.15) is 0 Å². The van der Waals surface area contributed by atoms with E-state index in [9.17, 15) is 4.79 Å². The Hall–Kier alpha value is -1.39. The van der Waals surface area contributed by atoms with Crippen molar-refractivity contribution in [3.63, 3.8) is 0 Å². The molecule has 2 atom stereocenters. The summed E-state index contributed by atoms with van der Waals surface area (Å²) in [5.41, 5.74) is 2.27. The summed E-state index contributed by atoms with van der Waals surface area (Å²) in [4.78, 5) is 14.3. The molecule has 1 aromatic rings. The lowest BCUT2D eigenvalue weighted by molar-refractivity contribution is -0.156. The highest BCUT2D eigenvalue weighted by Crippen LogP contribution is 2.38. The van der Waals surface area contributed by atoms with Crippen LogP contribution in [0, 0.1) is 11.8 Å². The van der Waals surface area contributed by atoms with E-state index in [0.717, 1.165) is 24.8 Å². The summed E-state index contributed by atoms with van der Waals surface area (Å²) in [6.07, 6.45) is 5.51. The number of carbonyl (C=O) groups excluding carboxylic acids is 1. The van der Waals surface area contributed by atoms with Gasteiger partial charge in [-0.25, -0.2) is 0 Å². The Balaban J connectivity index is 1.31. The van der Waals surface area contributed by atoms with Crippen molar-refractivity contribution in [3.8, 4) is 0 Å². The van der Waals surface area contributed by atoms with E-state index in [4.69, 9.17) is 9.47 Å². The van der Waals surface area contributed by atoms with Gasteiger partial charge >= 0.3 is 5.97 Å². The van der Waals surface area contributed by atoms with Gasteiger partial charge in [0.05, 0.1) is 19.6 Å². The first kappa shape index (κ1) is 20.3. The predicted octanol–water partition coefficient (Wildman–Crippen LogP) is 4.21. The van der Waals surface area contributed by atoms with E-state index in [2.05, 4.69) is 29.2 Å². The molecule has 1 heterocycles. The Kier molecular flexibility index (Phi) is 6.93. The fraction of sp³-hybridized carbons (Fsp3) is 0.696. The summed E-state index contributed by atoms with van der Waals surface area (Å²) in [5.74, 6) is 1.72. The van der Waals surface area contributed by atoms with Crippen molar-refractivity contribution in [1.82, 2.24) is 4.90 Å². The van der Waals surface area contributed by atoms with Gasteiger partial charge in [-0.15, -0.1) is 0 Å². The average Bonchev–Trinajstić information content (AvgIpc) is 3.16. The van der Waals surface area contributed by atoms with Gasteiger partial charge in [0.15, 0.2) is 0 Å². The fourth-order valence-corrected chi connectivity index (χ4v) is 4.37. The van der Waals surface area contributed by atoms with Crippen molar-refractivity contribution in [1.29, 1.82) is 0 Å². The van der Waals surface area contributed by atoms with Crippen LogP contribution in [-0.2, 0) is 27.2 Å². The zero-order valence-electron chi connectivity index (χ0n) is 17.2. The Bertz CT molecular complexity index is 593. The van der Waals surface area contributed by atoms with Crippen LogP contribution in [0.25, 0.3) is 0 Å². The van der Waals surface area contributed by atoms with E-state index in [1.54, 1.807) is 0 Å². The molecule has 150 valence electrons. The molecule has 1 aliphatic carbocycles. The highest BCUT2D eigenvalue weighted by Gasteiger charge is 2.35. The molecule has 1 aromatic carbocycles. The molecule has 4 heteroatoms. The van der Waals surface area contributed by atoms with E-state index >= 15 is 0 Å². The minimum Gasteiger partial charge on any atom is -0.460 e. The Labute approximate surface area is 164 Å². The molecular formula is C23H35NO3. The molecule has 0 spiro atoms. The number of rotatable bonds is 8. The summed E-state index contributed by atoms with van der Waals surface area (Å²) in [6, 6.07) is 8.93. The number of ether oxygens (including phenoxy) is 2. The molecule has 1 aliphatic heterocycles. The average molecular weight is 374 g/mol. The van der Waals surface area contributed by atoms with Crippen molar-refractivity contribution >= 4 is 5.97 Å². The van der Waals surface area contributed by atoms with Crippen LogP contribution >= 0.6 is 0 Å². The largest absolute Gasteiger partial charge is 0.460 e. The molecule has 1 saturated heterocycles. The van der Waals surface area contributed by atoms with Crippen molar-refractivity contribution in [2.75, 3.05) is 26.3 Å². The first-order valence-corrected chi connectivity index (χ1v) is 10.5. The van der Waals surface area contributed by atoms with Gasteiger partial charge in [-0.1, -0.05) is 30.7 Å². The molecular weight excluding hydrogens is 338 g/mol. The van der Waals surface area contributed by atoms with E-state index in [1.165, 1.54) is 43.5 Å². The molecule has 1 saturated carbocycles. The maximum Gasteiger partial charge on any atom is 0.308 e. The third-order valence-electron chi connectivity index (χ3n) is 5.64. The topological polar surface area (TPSA) is 38.8 Å². The van der Waals surface area contributed by atoms with Gasteiger partial charge in [-0.3, -0.25) is 9.69 Å². The molecule has 0 radical (unpaired) electrons. The number of hydrogen-bond acceptors (Lipinski definition) is 4. The summed E-state index contributed by atoms with van der Waals surface area (Å²) < 4.78 is 10.9. The molecule has 2 unspecified atom stereocenters. The second-order valence-corrected chi connectivity index (χ2v) is 9.16. The van der Waals surface area contributed by atoms with Crippen LogP contribution in [0.4, 0.5) is 0 Å². The lowest BCUT2D eigenvalue weighted by atomic mass is 10.0. The first-order chi connectivity index (χ1) is 12.9. The zero-order valence-corrected chi connectivity index (χ0v) is 17.2. The minimum atomic E-state index is -0.424. The smallest absolute Gasteiger partial charge is 0.308 e. The Morgan fingerprint density at radius 2 is 1.67 bits per heavy atom. The van der Waals surface area contributed by atoms with Crippen LogP contribution in [-0.4, -0.2) is 42.8 Å². The van der Waals surface area contributed by atoms with E-state index in [1.807, 2.05) is 20.8 Å². The van der Waals surface area contributed by atoms with Gasteiger partial charge in [0.2, 0.25) is 0 Å². The van der Waals surface area contributed by atoms with Crippen LogP contribution in [0.15, 0.2) is 24.3 Å². The van der Waals surface area contributed by atoms with Gasteiger partial charge in [0, 0.05) is 19.6 Å². The SMILES string of the molecule is CC(C)(C)OC(=O)CCOCCc1ccc(CN2CC3CCCC3C2)cc1. The second-order valence-electron chi connectivity index (χ2n) is 9.16. The van der Waals surface area contributed by atoms with Gasteiger partial charge in [0.25, 0.3) is 0 Å². The number of hydrogen-bond donors (Lipinski definition) is 0. The number of benzene rings is 1. The maximum absolute atomic E-state index is 11.6. The monoisotopic (exact) mass is 373 g/mol. The van der Waals surface area contributed by atoms with Crippen LogP contribution in [0.1, 0.15) is 57.6 Å². The molecule has 0 amide bonds. The lowest BCUT2D eigenvalue weighted by Crippen LogP contribution is -2.24. The van der Waals surface area contributed by atoms with Crippen molar-refractivity contribution in [2.45, 2.75) is 65.0 Å². The van der Waals surface area contributed by atoms with E-state index in [-0.39, 0.29) is 5.97 Å². The molecule has 0 aromatic heterocycles. The molecule has 2 aliphatic rings. The van der Waals surface area contributed by atoms with E-state index in [0.29, 0.717) is 19.6 Å². The molecule has 27 heavy (non-hydrogen) atoms. The summed E-state index contributed by atoms with van der Waals surface area (Å²) in [5, 5.41) is 0. The summed E-state index contributed by atoms with van der Waals surface area (Å²) >= 11 is 0. The molecule has 2 fully saturated rings. The predicted molar refractivity (Wildman–Crippen MR) is 108 cm³/mol. The van der Waals surface area contributed by atoms with Crippen LogP contribution in [0.2, 0.25) is 0 Å². The summed E-state index contributed by atoms with van der Waals surface area (Å²) in [6.45, 7) is 10.4. The molecule has 3 rings (SSSR count). The fourth-order valence-electron chi connectivity index (χ4n) is 4.37.